The van der Waals surface area contributed by atoms with Gasteiger partial charge in [0.25, 0.3) is 0 Å². The van der Waals surface area contributed by atoms with Crippen molar-refractivity contribution >= 4 is 11.7 Å². The predicted molar refractivity (Wildman–Crippen MR) is 116 cm³/mol. The summed E-state index contributed by atoms with van der Waals surface area (Å²) in [5.41, 5.74) is 2.15. The molecule has 0 radical (unpaired) electrons. The second kappa shape index (κ2) is 9.80. The minimum atomic E-state index is 0.0417. The van der Waals surface area contributed by atoms with Crippen molar-refractivity contribution in [3.05, 3.63) is 47.7 Å². The number of rotatable bonds is 6. The van der Waals surface area contributed by atoms with Crippen LogP contribution in [0.3, 0.4) is 0 Å². The number of nitrogens with one attached hydrogen (secondary N) is 1. The van der Waals surface area contributed by atoms with Gasteiger partial charge in [0.05, 0.1) is 13.2 Å². The molecule has 4 rings (SSSR count). The van der Waals surface area contributed by atoms with E-state index in [1.54, 1.807) is 0 Å². The Bertz CT molecular complexity index is 865. The lowest BCUT2D eigenvalue weighted by Gasteiger charge is -2.33. The van der Waals surface area contributed by atoms with Crippen LogP contribution in [0.1, 0.15) is 24.0 Å². The molecular formula is C23H30N4O3. The fourth-order valence-corrected chi connectivity index (χ4v) is 3.69. The van der Waals surface area contributed by atoms with Crippen LogP contribution in [0.5, 0.6) is 11.5 Å². The van der Waals surface area contributed by atoms with Crippen LogP contribution in [0.2, 0.25) is 0 Å². The van der Waals surface area contributed by atoms with Crippen molar-refractivity contribution in [2.24, 2.45) is 0 Å². The van der Waals surface area contributed by atoms with Crippen molar-refractivity contribution in [2.45, 2.75) is 25.8 Å². The highest BCUT2D eigenvalue weighted by molar-refractivity contribution is 5.76. The highest BCUT2D eigenvalue weighted by Crippen LogP contribution is 2.30. The molecule has 1 saturated heterocycles. The first-order chi connectivity index (χ1) is 14.7. The van der Waals surface area contributed by atoms with Crippen LogP contribution in [0.25, 0.3) is 0 Å². The zero-order chi connectivity index (χ0) is 20.8. The summed E-state index contributed by atoms with van der Waals surface area (Å²) in [5.74, 6) is 2.59. The molecule has 0 spiro atoms. The molecule has 2 aromatic rings. The number of hydrogen-bond acceptors (Lipinski definition) is 6. The van der Waals surface area contributed by atoms with Gasteiger partial charge in [-0.1, -0.05) is 6.07 Å². The summed E-state index contributed by atoms with van der Waals surface area (Å²) in [7, 11) is 2.14. The third-order valence-electron chi connectivity index (χ3n) is 5.58. The molecule has 7 heteroatoms. The summed E-state index contributed by atoms with van der Waals surface area (Å²) in [5, 5.41) is 3.03. The number of anilines is 1. The number of hydrogen-bond donors (Lipinski definition) is 1. The highest BCUT2D eigenvalue weighted by Gasteiger charge is 2.16. The molecule has 0 unspecified atom stereocenters. The van der Waals surface area contributed by atoms with Gasteiger partial charge in [-0.25, -0.2) is 4.98 Å². The summed E-state index contributed by atoms with van der Waals surface area (Å²) in [4.78, 5) is 21.5. The van der Waals surface area contributed by atoms with Gasteiger partial charge in [0.2, 0.25) is 5.91 Å². The molecule has 0 atom stereocenters. The average Bonchev–Trinajstić information content (AvgIpc) is 3.02. The fourth-order valence-electron chi connectivity index (χ4n) is 3.69. The van der Waals surface area contributed by atoms with E-state index >= 15 is 0 Å². The Balaban J connectivity index is 1.26. The van der Waals surface area contributed by atoms with Crippen LogP contribution in [-0.4, -0.2) is 62.2 Å². The summed E-state index contributed by atoms with van der Waals surface area (Å²) in [6.07, 6.45) is 3.83. The summed E-state index contributed by atoms with van der Waals surface area (Å²) in [6.45, 7) is 5.91. The maximum absolute atomic E-state index is 12.4. The van der Waals surface area contributed by atoms with E-state index in [4.69, 9.17) is 9.47 Å². The third-order valence-corrected chi connectivity index (χ3v) is 5.58. The van der Waals surface area contributed by atoms with Crippen LogP contribution in [0.15, 0.2) is 36.5 Å². The molecule has 0 saturated carbocycles. The predicted octanol–water partition coefficient (Wildman–Crippen LogP) is 2.24. The molecule has 1 aromatic heterocycles. The SMILES string of the molecule is CN1CCN(c2cc(CNC(=O)CCc3ccc4c(c3)OCCCO4)ccn2)CC1. The molecule has 0 bridgehead atoms. The Morgan fingerprint density at radius 1 is 1.03 bits per heavy atom. The second-order valence-corrected chi connectivity index (χ2v) is 7.92. The van der Waals surface area contributed by atoms with E-state index in [0.29, 0.717) is 32.6 Å². The maximum atomic E-state index is 12.4. The van der Waals surface area contributed by atoms with E-state index in [9.17, 15) is 4.79 Å². The largest absolute Gasteiger partial charge is 0.490 e. The first kappa shape index (κ1) is 20.5. The number of amides is 1. The van der Waals surface area contributed by atoms with Crippen molar-refractivity contribution < 1.29 is 14.3 Å². The molecule has 2 aliphatic heterocycles. The lowest BCUT2D eigenvalue weighted by molar-refractivity contribution is -0.121. The number of fused-ring (bicyclic) bond motifs is 1. The van der Waals surface area contributed by atoms with Crippen molar-refractivity contribution in [3.8, 4) is 11.5 Å². The Labute approximate surface area is 178 Å². The number of benzene rings is 1. The fraction of sp³-hybridized carbons (Fsp3) is 0.478. The molecule has 1 fully saturated rings. The van der Waals surface area contributed by atoms with Crippen molar-refractivity contribution in [3.63, 3.8) is 0 Å². The minimum absolute atomic E-state index is 0.0417. The Morgan fingerprint density at radius 2 is 1.83 bits per heavy atom. The van der Waals surface area contributed by atoms with Crippen LogP contribution in [-0.2, 0) is 17.8 Å². The molecule has 2 aliphatic rings. The molecule has 1 amide bonds. The van der Waals surface area contributed by atoms with Gasteiger partial charge in [0, 0.05) is 51.8 Å². The topological polar surface area (TPSA) is 66.9 Å². The molecule has 30 heavy (non-hydrogen) atoms. The lowest BCUT2D eigenvalue weighted by atomic mass is 10.1. The van der Waals surface area contributed by atoms with E-state index in [1.807, 2.05) is 30.5 Å². The number of piperazine rings is 1. The first-order valence-corrected chi connectivity index (χ1v) is 10.7. The number of carbonyl (C=O) groups excluding carboxylic acids is 1. The van der Waals surface area contributed by atoms with Crippen molar-refractivity contribution in [2.75, 3.05) is 51.3 Å². The van der Waals surface area contributed by atoms with Crippen LogP contribution in [0.4, 0.5) is 5.82 Å². The highest BCUT2D eigenvalue weighted by atomic mass is 16.5. The first-order valence-electron chi connectivity index (χ1n) is 10.7. The molecule has 7 nitrogen and oxygen atoms in total. The number of aromatic nitrogens is 1. The second-order valence-electron chi connectivity index (χ2n) is 7.92. The number of nitrogens with zero attached hydrogens (tertiary/aromatic N) is 3. The average molecular weight is 411 g/mol. The van der Waals surface area contributed by atoms with Gasteiger partial charge in [0.1, 0.15) is 5.82 Å². The Kier molecular flexibility index (Phi) is 6.69. The van der Waals surface area contributed by atoms with Gasteiger partial charge >= 0.3 is 0 Å². The van der Waals surface area contributed by atoms with Crippen molar-refractivity contribution in [1.29, 1.82) is 0 Å². The lowest BCUT2D eigenvalue weighted by Crippen LogP contribution is -2.44. The standard InChI is InChI=1S/C23H30N4O3/c1-26-9-11-27(12-10-26)22-16-19(7-8-24-22)17-25-23(28)6-4-18-3-5-20-21(15-18)30-14-2-13-29-20/h3,5,7-8,15-16H,2,4,6,9-14,17H2,1H3,(H,25,28). The van der Waals surface area contributed by atoms with Gasteiger partial charge in [-0.3, -0.25) is 4.79 Å². The molecule has 0 aliphatic carbocycles. The number of aryl methyl sites for hydroxylation is 1. The minimum Gasteiger partial charge on any atom is -0.490 e. The maximum Gasteiger partial charge on any atom is 0.220 e. The molecular weight excluding hydrogens is 380 g/mol. The molecule has 3 heterocycles. The zero-order valence-electron chi connectivity index (χ0n) is 17.6. The monoisotopic (exact) mass is 410 g/mol. The number of likely N-dealkylation sites (N-methyl/N-ethyl adjacent to an activating group) is 1. The normalized spacial score (nSPS) is 16.8. The zero-order valence-corrected chi connectivity index (χ0v) is 17.6. The number of pyridine rings is 1. The van der Waals surface area contributed by atoms with Crippen LogP contribution < -0.4 is 19.7 Å². The van der Waals surface area contributed by atoms with Gasteiger partial charge in [-0.2, -0.15) is 0 Å². The van der Waals surface area contributed by atoms with E-state index in [2.05, 4.69) is 33.2 Å². The quantitative estimate of drug-likeness (QED) is 0.788. The van der Waals surface area contributed by atoms with Crippen molar-refractivity contribution in [1.82, 2.24) is 15.2 Å². The van der Waals surface area contributed by atoms with E-state index in [1.165, 1.54) is 0 Å². The van der Waals surface area contributed by atoms with Gasteiger partial charge in [-0.05, 0) is 48.9 Å². The van der Waals surface area contributed by atoms with Gasteiger partial charge in [0.15, 0.2) is 11.5 Å². The van der Waals surface area contributed by atoms with E-state index in [-0.39, 0.29) is 5.91 Å². The molecule has 1 aromatic carbocycles. The summed E-state index contributed by atoms with van der Waals surface area (Å²) < 4.78 is 11.4. The number of carbonyl (C=O) groups is 1. The summed E-state index contributed by atoms with van der Waals surface area (Å²) in [6, 6.07) is 9.97. The van der Waals surface area contributed by atoms with Crippen LogP contribution >= 0.6 is 0 Å². The Morgan fingerprint density at radius 3 is 2.67 bits per heavy atom. The van der Waals surface area contributed by atoms with Gasteiger partial charge < -0.3 is 24.6 Å². The smallest absolute Gasteiger partial charge is 0.220 e. The van der Waals surface area contributed by atoms with Crippen LogP contribution in [0, 0.1) is 0 Å². The summed E-state index contributed by atoms with van der Waals surface area (Å²) >= 11 is 0. The molecule has 160 valence electrons. The number of ether oxygens (including phenoxy) is 2. The Hall–Kier alpha value is -2.80. The molecule has 1 N–H and O–H groups in total. The van der Waals surface area contributed by atoms with Gasteiger partial charge in [-0.15, -0.1) is 0 Å². The van der Waals surface area contributed by atoms with E-state index < -0.39 is 0 Å². The van der Waals surface area contributed by atoms with E-state index in [0.717, 1.165) is 61.0 Å². The third kappa shape index (κ3) is 5.42.